The molecule has 0 saturated heterocycles. The SMILES string of the molecule is CCN1C(=O)COc2ccc(C(=O)C(C)N3C(=O)COc4ccc([N+](=O)[O-])nc43)cc21. The maximum absolute atomic E-state index is 13.2. The van der Waals surface area contributed by atoms with Crippen molar-refractivity contribution in [3.63, 3.8) is 0 Å². The Morgan fingerprint density at radius 1 is 1.16 bits per heavy atom. The zero-order chi connectivity index (χ0) is 22.3. The number of carbonyl (C=O) groups excluding carboxylic acids is 3. The van der Waals surface area contributed by atoms with Gasteiger partial charge in [-0.2, -0.15) is 0 Å². The van der Waals surface area contributed by atoms with Gasteiger partial charge >= 0.3 is 5.82 Å². The van der Waals surface area contributed by atoms with E-state index >= 15 is 0 Å². The Bertz CT molecular complexity index is 1120. The predicted octanol–water partition coefficient (Wildman–Crippen LogP) is 1.73. The van der Waals surface area contributed by atoms with Crippen LogP contribution in [-0.2, 0) is 9.59 Å². The second kappa shape index (κ2) is 7.67. The number of rotatable bonds is 5. The number of pyridine rings is 1. The van der Waals surface area contributed by atoms with Crippen LogP contribution in [0.1, 0.15) is 24.2 Å². The first kappa shape index (κ1) is 20.3. The van der Waals surface area contributed by atoms with Gasteiger partial charge in [0, 0.05) is 18.2 Å². The average molecular weight is 426 g/mol. The average Bonchev–Trinajstić information content (AvgIpc) is 2.77. The number of Topliss-reactive ketones (excluding diaryl/α,β-unsaturated/α-hetero) is 1. The molecule has 2 aliphatic rings. The molecule has 0 aliphatic carbocycles. The van der Waals surface area contributed by atoms with E-state index < -0.39 is 28.5 Å². The van der Waals surface area contributed by atoms with Crippen LogP contribution in [0.3, 0.4) is 0 Å². The zero-order valence-corrected chi connectivity index (χ0v) is 16.7. The normalized spacial score (nSPS) is 16.1. The van der Waals surface area contributed by atoms with Crippen molar-refractivity contribution < 1.29 is 28.8 Å². The lowest BCUT2D eigenvalue weighted by Gasteiger charge is -2.31. The summed E-state index contributed by atoms with van der Waals surface area (Å²) in [7, 11) is 0. The topological polar surface area (TPSA) is 132 Å². The lowest BCUT2D eigenvalue weighted by Crippen LogP contribution is -2.48. The molecule has 4 rings (SSSR count). The van der Waals surface area contributed by atoms with Crippen LogP contribution >= 0.6 is 0 Å². The van der Waals surface area contributed by atoms with E-state index in [-0.39, 0.29) is 36.3 Å². The number of amides is 2. The molecule has 160 valence electrons. The second-order valence-corrected chi connectivity index (χ2v) is 6.95. The van der Waals surface area contributed by atoms with Gasteiger partial charge in [-0.25, -0.2) is 0 Å². The molecule has 1 aromatic carbocycles. The third-order valence-corrected chi connectivity index (χ3v) is 5.13. The number of nitrogens with zero attached hydrogens (tertiary/aromatic N) is 4. The summed E-state index contributed by atoms with van der Waals surface area (Å²) < 4.78 is 10.7. The molecule has 1 atom stereocenters. The van der Waals surface area contributed by atoms with E-state index in [0.29, 0.717) is 18.0 Å². The summed E-state index contributed by atoms with van der Waals surface area (Å²) in [5, 5.41) is 11.1. The maximum atomic E-state index is 13.2. The van der Waals surface area contributed by atoms with Crippen molar-refractivity contribution in [1.29, 1.82) is 0 Å². The van der Waals surface area contributed by atoms with Crippen molar-refractivity contribution in [2.75, 3.05) is 29.6 Å². The number of nitro groups is 1. The van der Waals surface area contributed by atoms with Crippen LogP contribution in [0, 0.1) is 10.1 Å². The number of benzene rings is 1. The number of hydrogen-bond acceptors (Lipinski definition) is 8. The number of fused-ring (bicyclic) bond motifs is 2. The highest BCUT2D eigenvalue weighted by Gasteiger charge is 2.38. The van der Waals surface area contributed by atoms with E-state index in [9.17, 15) is 24.5 Å². The van der Waals surface area contributed by atoms with Crippen LogP contribution in [0.5, 0.6) is 11.5 Å². The first-order valence-corrected chi connectivity index (χ1v) is 9.53. The summed E-state index contributed by atoms with van der Waals surface area (Å²) in [6.45, 7) is 3.33. The number of carbonyl (C=O) groups is 3. The molecular formula is C20H18N4O7. The Kier molecular flexibility index (Phi) is 5.01. The first-order valence-electron chi connectivity index (χ1n) is 9.53. The minimum atomic E-state index is -1.02. The Hall–Kier alpha value is -4.02. The molecule has 0 radical (unpaired) electrons. The van der Waals surface area contributed by atoms with E-state index in [1.807, 2.05) is 6.92 Å². The van der Waals surface area contributed by atoms with Crippen LogP contribution in [0.25, 0.3) is 0 Å². The molecule has 11 heteroatoms. The number of likely N-dealkylation sites (N-methyl/N-ethyl adjacent to an activating group) is 1. The van der Waals surface area contributed by atoms with Crippen molar-refractivity contribution in [3.05, 3.63) is 46.0 Å². The van der Waals surface area contributed by atoms with Crippen LogP contribution in [0.15, 0.2) is 30.3 Å². The van der Waals surface area contributed by atoms with Gasteiger partial charge in [0.05, 0.1) is 5.69 Å². The maximum Gasteiger partial charge on any atom is 0.366 e. The molecule has 2 aliphatic heterocycles. The number of ether oxygens (including phenoxy) is 2. The fourth-order valence-corrected chi connectivity index (χ4v) is 3.60. The molecule has 11 nitrogen and oxygen atoms in total. The van der Waals surface area contributed by atoms with E-state index in [1.54, 1.807) is 18.2 Å². The largest absolute Gasteiger partial charge is 0.482 e. The van der Waals surface area contributed by atoms with Crippen molar-refractivity contribution in [2.24, 2.45) is 0 Å². The molecule has 31 heavy (non-hydrogen) atoms. The molecule has 0 bridgehead atoms. The molecule has 1 unspecified atom stereocenters. The summed E-state index contributed by atoms with van der Waals surface area (Å²) in [5.74, 6) is -1.09. The van der Waals surface area contributed by atoms with Crippen LogP contribution in [0.4, 0.5) is 17.3 Å². The summed E-state index contributed by atoms with van der Waals surface area (Å²) in [5.41, 5.74) is 0.730. The molecule has 2 amide bonds. The van der Waals surface area contributed by atoms with E-state index in [1.165, 1.54) is 24.0 Å². The van der Waals surface area contributed by atoms with Crippen molar-refractivity contribution >= 4 is 34.9 Å². The van der Waals surface area contributed by atoms with Gasteiger partial charge in [-0.3, -0.25) is 19.3 Å². The molecule has 3 heterocycles. The highest BCUT2D eigenvalue weighted by Crippen LogP contribution is 2.36. The quantitative estimate of drug-likeness (QED) is 0.401. The van der Waals surface area contributed by atoms with Gasteiger partial charge < -0.3 is 24.5 Å². The summed E-state index contributed by atoms with van der Waals surface area (Å²) >= 11 is 0. The minimum absolute atomic E-state index is 0.0753. The van der Waals surface area contributed by atoms with Crippen molar-refractivity contribution in [2.45, 2.75) is 19.9 Å². The molecule has 1 aromatic heterocycles. The smallest absolute Gasteiger partial charge is 0.366 e. The Morgan fingerprint density at radius 2 is 1.84 bits per heavy atom. The minimum Gasteiger partial charge on any atom is -0.482 e. The number of anilines is 2. The first-order chi connectivity index (χ1) is 14.8. The van der Waals surface area contributed by atoms with Crippen LogP contribution in [-0.4, -0.2) is 53.3 Å². The summed E-state index contributed by atoms with van der Waals surface area (Å²) in [6.07, 6.45) is 0. The highest BCUT2D eigenvalue weighted by molar-refractivity contribution is 6.10. The van der Waals surface area contributed by atoms with Gasteiger partial charge in [-0.05, 0) is 48.0 Å². The highest BCUT2D eigenvalue weighted by atomic mass is 16.6. The summed E-state index contributed by atoms with van der Waals surface area (Å²) in [6, 6.07) is 6.19. The zero-order valence-electron chi connectivity index (χ0n) is 16.7. The van der Waals surface area contributed by atoms with E-state index in [4.69, 9.17) is 9.47 Å². The van der Waals surface area contributed by atoms with E-state index in [0.717, 1.165) is 4.90 Å². The third kappa shape index (κ3) is 3.43. The number of aromatic nitrogens is 1. The van der Waals surface area contributed by atoms with Gasteiger partial charge in [0.1, 0.15) is 11.8 Å². The fraction of sp³-hybridized carbons (Fsp3) is 0.300. The predicted molar refractivity (Wildman–Crippen MR) is 108 cm³/mol. The van der Waals surface area contributed by atoms with Gasteiger partial charge in [0.2, 0.25) is 0 Å². The van der Waals surface area contributed by atoms with Gasteiger partial charge in [0.25, 0.3) is 17.6 Å². The molecule has 0 N–H and O–H groups in total. The Morgan fingerprint density at radius 3 is 2.55 bits per heavy atom. The van der Waals surface area contributed by atoms with Crippen LogP contribution in [0.2, 0.25) is 0 Å². The molecule has 0 spiro atoms. The van der Waals surface area contributed by atoms with E-state index in [2.05, 4.69) is 4.98 Å². The molecular weight excluding hydrogens is 408 g/mol. The Balaban J connectivity index is 1.70. The standard InChI is InChI=1S/C20H18N4O7/c1-3-22-13-8-12(4-5-14(13)30-9-17(22)25)19(27)11(2)23-18(26)10-31-15-6-7-16(24(28)29)21-20(15)23/h4-8,11H,3,9-10H2,1-2H3. The lowest BCUT2D eigenvalue weighted by molar-refractivity contribution is -0.389. The van der Waals surface area contributed by atoms with Gasteiger partial charge in [0.15, 0.2) is 24.7 Å². The third-order valence-electron chi connectivity index (χ3n) is 5.13. The fourth-order valence-electron chi connectivity index (χ4n) is 3.60. The monoisotopic (exact) mass is 426 g/mol. The summed E-state index contributed by atoms with van der Waals surface area (Å²) in [4.78, 5) is 54.8. The lowest BCUT2D eigenvalue weighted by atomic mass is 10.0. The van der Waals surface area contributed by atoms with Gasteiger partial charge in [-0.1, -0.05) is 0 Å². The van der Waals surface area contributed by atoms with Crippen LogP contribution < -0.4 is 19.3 Å². The number of ketones is 1. The van der Waals surface area contributed by atoms with Crippen molar-refractivity contribution in [1.82, 2.24) is 4.98 Å². The molecule has 2 aromatic rings. The second-order valence-electron chi connectivity index (χ2n) is 6.95. The van der Waals surface area contributed by atoms with Crippen molar-refractivity contribution in [3.8, 4) is 11.5 Å². The Labute approximate surface area is 176 Å². The van der Waals surface area contributed by atoms with Gasteiger partial charge in [-0.15, -0.1) is 0 Å². The molecule has 0 saturated carbocycles. The number of hydrogen-bond donors (Lipinski definition) is 0. The molecule has 0 fully saturated rings.